The fourth-order valence-electron chi connectivity index (χ4n) is 2.63. The molecule has 0 saturated carbocycles. The molecule has 1 aliphatic heterocycles. The van der Waals surface area contributed by atoms with Crippen molar-refractivity contribution >= 4 is 5.97 Å². The number of nitrogens with zero attached hydrogens (tertiary/aromatic N) is 1. The maximum Gasteiger partial charge on any atom is 0.336 e. The largest absolute Gasteiger partial charge is 0.479 e. The number of nitrogens with one attached hydrogen (secondary N) is 1. The summed E-state index contributed by atoms with van der Waals surface area (Å²) in [5.74, 6) is -1.19. The molecule has 1 aromatic carbocycles. The van der Waals surface area contributed by atoms with Gasteiger partial charge in [0, 0.05) is 25.7 Å². The molecule has 2 atom stereocenters. The van der Waals surface area contributed by atoms with Crippen molar-refractivity contribution in [2.24, 2.45) is 0 Å². The predicted octanol–water partition coefficient (Wildman–Crippen LogP) is 1.08. The zero-order valence-electron chi connectivity index (χ0n) is 12.5. The maximum atomic E-state index is 10.9. The minimum Gasteiger partial charge on any atom is -0.479 e. The van der Waals surface area contributed by atoms with Gasteiger partial charge in [0.15, 0.2) is 5.60 Å². The van der Waals surface area contributed by atoms with E-state index in [2.05, 4.69) is 22.3 Å². The average molecular weight is 292 g/mol. The average Bonchev–Trinajstić information content (AvgIpc) is 2.47. The Labute approximate surface area is 125 Å². The van der Waals surface area contributed by atoms with Gasteiger partial charge in [0.25, 0.3) is 0 Å². The molecule has 21 heavy (non-hydrogen) atoms. The molecule has 0 bridgehead atoms. The van der Waals surface area contributed by atoms with E-state index in [9.17, 15) is 9.90 Å². The van der Waals surface area contributed by atoms with Gasteiger partial charge in [0.1, 0.15) is 0 Å². The van der Waals surface area contributed by atoms with Gasteiger partial charge in [-0.3, -0.25) is 4.90 Å². The van der Waals surface area contributed by atoms with Gasteiger partial charge in [0.05, 0.1) is 0 Å². The molecule has 2 rings (SSSR count). The van der Waals surface area contributed by atoms with Crippen LogP contribution in [-0.4, -0.2) is 52.4 Å². The first-order chi connectivity index (χ1) is 9.97. The molecule has 1 fully saturated rings. The van der Waals surface area contributed by atoms with Crippen LogP contribution in [0.5, 0.6) is 0 Å². The summed E-state index contributed by atoms with van der Waals surface area (Å²) < 4.78 is 0. The summed E-state index contributed by atoms with van der Waals surface area (Å²) in [5, 5.41) is 21.9. The fourth-order valence-corrected chi connectivity index (χ4v) is 2.63. The Morgan fingerprint density at radius 1 is 1.43 bits per heavy atom. The zero-order chi connectivity index (χ0) is 15.3. The number of carboxylic acid groups (broad SMARTS) is 1. The van der Waals surface area contributed by atoms with E-state index in [4.69, 9.17) is 5.11 Å². The van der Waals surface area contributed by atoms with Crippen LogP contribution >= 0.6 is 0 Å². The van der Waals surface area contributed by atoms with Crippen LogP contribution in [-0.2, 0) is 11.3 Å². The highest BCUT2D eigenvalue weighted by Gasteiger charge is 2.31. The highest BCUT2D eigenvalue weighted by atomic mass is 16.4. The number of carbonyl (C=O) groups is 1. The molecule has 0 radical (unpaired) electrons. The second-order valence-electron chi connectivity index (χ2n) is 6.02. The molecular formula is C16H24N2O3. The van der Waals surface area contributed by atoms with Crippen LogP contribution in [0, 0.1) is 0 Å². The molecule has 0 aliphatic carbocycles. The molecule has 3 N–H and O–H groups in total. The number of carboxylic acids is 1. The Morgan fingerprint density at radius 3 is 2.81 bits per heavy atom. The van der Waals surface area contributed by atoms with Crippen LogP contribution in [0.2, 0.25) is 0 Å². The number of aliphatic hydroxyl groups is 1. The van der Waals surface area contributed by atoms with Gasteiger partial charge in [0.2, 0.25) is 0 Å². The number of aliphatic carboxylic acids is 1. The topological polar surface area (TPSA) is 72.8 Å². The lowest BCUT2D eigenvalue weighted by molar-refractivity contribution is -0.156. The number of rotatable bonds is 6. The normalized spacial score (nSPS) is 22.7. The zero-order valence-corrected chi connectivity index (χ0v) is 12.5. The van der Waals surface area contributed by atoms with Crippen LogP contribution < -0.4 is 5.32 Å². The van der Waals surface area contributed by atoms with E-state index in [1.54, 1.807) is 0 Å². The van der Waals surface area contributed by atoms with E-state index in [0.29, 0.717) is 0 Å². The Bertz CT molecular complexity index is 462. The Hall–Kier alpha value is -1.43. The Morgan fingerprint density at radius 2 is 2.14 bits per heavy atom. The molecule has 116 valence electrons. The van der Waals surface area contributed by atoms with Crippen molar-refractivity contribution in [3.8, 4) is 0 Å². The molecule has 1 aromatic rings. The molecule has 2 unspecified atom stereocenters. The van der Waals surface area contributed by atoms with E-state index in [-0.39, 0.29) is 12.6 Å². The third kappa shape index (κ3) is 4.81. The summed E-state index contributed by atoms with van der Waals surface area (Å²) in [6.45, 7) is 4.25. The van der Waals surface area contributed by atoms with Crippen molar-refractivity contribution in [1.82, 2.24) is 10.2 Å². The van der Waals surface area contributed by atoms with Gasteiger partial charge < -0.3 is 15.5 Å². The summed E-state index contributed by atoms with van der Waals surface area (Å²) in [7, 11) is 0. The monoisotopic (exact) mass is 292 g/mol. The number of hydrogen-bond donors (Lipinski definition) is 3. The summed E-state index contributed by atoms with van der Waals surface area (Å²) in [6, 6.07) is 10.6. The van der Waals surface area contributed by atoms with Crippen LogP contribution in [0.3, 0.4) is 0 Å². The summed E-state index contributed by atoms with van der Waals surface area (Å²) in [5.41, 5.74) is -0.419. The standard InChI is InChI=1S/C16H24N2O3/c1-16(21,15(19)20)12-17-14-8-5-9-18(11-14)10-13-6-3-2-4-7-13/h2-4,6-7,14,17,21H,5,8-12H2,1H3,(H,19,20). The molecule has 0 amide bonds. The van der Waals surface area contributed by atoms with Crippen LogP contribution in [0.15, 0.2) is 30.3 Å². The lowest BCUT2D eigenvalue weighted by Gasteiger charge is -2.34. The van der Waals surface area contributed by atoms with Gasteiger partial charge in [-0.2, -0.15) is 0 Å². The van der Waals surface area contributed by atoms with Gasteiger partial charge in [-0.15, -0.1) is 0 Å². The first kappa shape index (κ1) is 15.9. The van der Waals surface area contributed by atoms with Gasteiger partial charge in [-0.1, -0.05) is 30.3 Å². The van der Waals surface area contributed by atoms with Gasteiger partial charge in [-0.05, 0) is 31.9 Å². The predicted molar refractivity (Wildman–Crippen MR) is 81.0 cm³/mol. The molecular weight excluding hydrogens is 268 g/mol. The van der Waals surface area contributed by atoms with E-state index >= 15 is 0 Å². The second-order valence-corrected chi connectivity index (χ2v) is 6.02. The highest BCUT2D eigenvalue weighted by molar-refractivity contribution is 5.76. The van der Waals surface area contributed by atoms with Crippen molar-refractivity contribution in [3.63, 3.8) is 0 Å². The molecule has 0 aromatic heterocycles. The minimum atomic E-state index is -1.71. The maximum absolute atomic E-state index is 10.9. The van der Waals surface area contributed by atoms with Gasteiger partial charge in [-0.25, -0.2) is 4.79 Å². The fraction of sp³-hybridized carbons (Fsp3) is 0.562. The van der Waals surface area contributed by atoms with Crippen molar-refractivity contribution in [2.75, 3.05) is 19.6 Å². The molecule has 1 saturated heterocycles. The van der Waals surface area contributed by atoms with Crippen molar-refractivity contribution in [2.45, 2.75) is 38.0 Å². The summed E-state index contributed by atoms with van der Waals surface area (Å²) in [4.78, 5) is 13.3. The Kier molecular flexibility index (Phi) is 5.33. The quantitative estimate of drug-likeness (QED) is 0.731. The van der Waals surface area contributed by atoms with Crippen LogP contribution in [0.1, 0.15) is 25.3 Å². The van der Waals surface area contributed by atoms with E-state index in [1.165, 1.54) is 12.5 Å². The van der Waals surface area contributed by atoms with E-state index in [1.807, 2.05) is 18.2 Å². The van der Waals surface area contributed by atoms with Crippen LogP contribution in [0.4, 0.5) is 0 Å². The third-order valence-corrected chi connectivity index (χ3v) is 3.95. The van der Waals surface area contributed by atoms with Crippen LogP contribution in [0.25, 0.3) is 0 Å². The number of likely N-dealkylation sites (tertiary alicyclic amines) is 1. The lowest BCUT2D eigenvalue weighted by Crippen LogP contribution is -2.52. The van der Waals surface area contributed by atoms with Gasteiger partial charge >= 0.3 is 5.97 Å². The first-order valence-corrected chi connectivity index (χ1v) is 7.43. The number of benzene rings is 1. The molecule has 0 spiro atoms. The summed E-state index contributed by atoms with van der Waals surface area (Å²) in [6.07, 6.45) is 2.10. The minimum absolute atomic E-state index is 0.0756. The van der Waals surface area contributed by atoms with Crippen molar-refractivity contribution in [1.29, 1.82) is 0 Å². The van der Waals surface area contributed by atoms with Crippen molar-refractivity contribution < 1.29 is 15.0 Å². The smallest absolute Gasteiger partial charge is 0.336 e. The molecule has 5 heteroatoms. The lowest BCUT2D eigenvalue weighted by atomic mass is 10.0. The Balaban J connectivity index is 1.82. The third-order valence-electron chi connectivity index (χ3n) is 3.95. The highest BCUT2D eigenvalue weighted by Crippen LogP contribution is 2.14. The molecule has 1 aliphatic rings. The van der Waals surface area contributed by atoms with Crippen molar-refractivity contribution in [3.05, 3.63) is 35.9 Å². The molecule has 1 heterocycles. The van der Waals surface area contributed by atoms with E-state index in [0.717, 1.165) is 32.5 Å². The molecule has 5 nitrogen and oxygen atoms in total. The first-order valence-electron chi connectivity index (χ1n) is 7.43. The second kappa shape index (κ2) is 7.02. The number of hydrogen-bond acceptors (Lipinski definition) is 4. The van der Waals surface area contributed by atoms with E-state index < -0.39 is 11.6 Å². The number of piperidine rings is 1. The SMILES string of the molecule is CC(O)(CNC1CCCN(Cc2ccccc2)C1)C(=O)O. The summed E-state index contributed by atoms with van der Waals surface area (Å²) >= 11 is 0.